The smallest absolute Gasteiger partial charge is 0.238 e. The monoisotopic (exact) mass is 293 g/mol. The molecule has 5 N–H and O–H groups in total. The molecule has 9 heteroatoms. The Morgan fingerprint density at radius 2 is 1.83 bits per heavy atom. The van der Waals surface area contributed by atoms with Crippen LogP contribution in [0.5, 0.6) is 0 Å². The van der Waals surface area contributed by atoms with Crippen LogP contribution in [0.4, 0.5) is 11.4 Å². The number of benzene rings is 1. The molecule has 0 spiro atoms. The van der Waals surface area contributed by atoms with Crippen LogP contribution >= 0.6 is 0 Å². The zero-order valence-corrected chi connectivity index (χ0v) is 11.4. The highest BCUT2D eigenvalue weighted by molar-refractivity contribution is 7.90. The van der Waals surface area contributed by atoms with Crippen LogP contribution in [0.1, 0.15) is 0 Å². The Labute approximate surface area is 106 Å². The SMILES string of the molecule is CS(=O)(=O)CCNc1ccc(S(N)(=O)=O)cc1N. The van der Waals surface area contributed by atoms with E-state index in [-0.39, 0.29) is 22.9 Å². The first kappa shape index (κ1) is 14.7. The Kier molecular flexibility index (Phi) is 4.20. The van der Waals surface area contributed by atoms with Crippen molar-refractivity contribution in [2.75, 3.05) is 29.6 Å². The topological polar surface area (TPSA) is 132 Å². The van der Waals surface area contributed by atoms with E-state index in [2.05, 4.69) is 5.32 Å². The van der Waals surface area contributed by atoms with E-state index in [1.165, 1.54) is 18.2 Å². The molecule has 0 bridgehead atoms. The summed E-state index contributed by atoms with van der Waals surface area (Å²) in [4.78, 5) is -0.0892. The van der Waals surface area contributed by atoms with Gasteiger partial charge in [-0.25, -0.2) is 22.0 Å². The number of nitrogens with one attached hydrogen (secondary N) is 1. The number of nitrogens with two attached hydrogens (primary N) is 2. The summed E-state index contributed by atoms with van der Waals surface area (Å²) in [5.41, 5.74) is 6.29. The predicted octanol–water partition coefficient (Wildman–Crippen LogP) is -0.627. The summed E-state index contributed by atoms with van der Waals surface area (Å²) in [6, 6.07) is 3.96. The van der Waals surface area contributed by atoms with Gasteiger partial charge in [-0.1, -0.05) is 0 Å². The molecule has 0 saturated carbocycles. The van der Waals surface area contributed by atoms with Crippen molar-refractivity contribution in [3.8, 4) is 0 Å². The first-order valence-electron chi connectivity index (χ1n) is 4.93. The fourth-order valence-electron chi connectivity index (χ4n) is 1.25. The van der Waals surface area contributed by atoms with Crippen molar-refractivity contribution in [1.29, 1.82) is 0 Å². The molecule has 0 aliphatic rings. The standard InChI is InChI=1S/C9H15N3O4S2/c1-17(13,14)5-4-12-9-3-2-7(6-8(9)10)18(11,15)16/h2-3,6,12H,4-5,10H2,1H3,(H2,11,15,16). The lowest BCUT2D eigenvalue weighted by Gasteiger charge is -2.09. The first-order chi connectivity index (χ1) is 8.09. The van der Waals surface area contributed by atoms with Crippen molar-refractivity contribution in [2.24, 2.45) is 5.14 Å². The van der Waals surface area contributed by atoms with Crippen molar-refractivity contribution >= 4 is 31.2 Å². The third-order valence-electron chi connectivity index (χ3n) is 2.14. The molecule has 0 unspecified atom stereocenters. The second kappa shape index (κ2) is 5.12. The summed E-state index contributed by atoms with van der Waals surface area (Å²) in [6.45, 7) is 0.192. The maximum atomic E-state index is 11.1. The molecule has 102 valence electrons. The second-order valence-electron chi connectivity index (χ2n) is 3.85. The molecule has 1 rings (SSSR count). The summed E-state index contributed by atoms with van der Waals surface area (Å²) in [5, 5.41) is 7.76. The Hall–Kier alpha value is -1.32. The Morgan fingerprint density at radius 3 is 2.28 bits per heavy atom. The Bertz CT molecular complexity index is 638. The lowest BCUT2D eigenvalue weighted by atomic mass is 10.2. The zero-order chi connectivity index (χ0) is 14.0. The lowest BCUT2D eigenvalue weighted by Crippen LogP contribution is -2.16. The van der Waals surface area contributed by atoms with Gasteiger partial charge in [0.1, 0.15) is 9.84 Å². The van der Waals surface area contributed by atoms with Crippen LogP contribution in [0.3, 0.4) is 0 Å². The minimum absolute atomic E-state index is 0.0383. The predicted molar refractivity (Wildman–Crippen MR) is 70.4 cm³/mol. The van der Waals surface area contributed by atoms with E-state index in [0.29, 0.717) is 5.69 Å². The molecule has 0 radical (unpaired) electrons. The molecule has 0 aliphatic carbocycles. The van der Waals surface area contributed by atoms with Gasteiger partial charge in [0, 0.05) is 12.8 Å². The Balaban J connectivity index is 2.81. The van der Waals surface area contributed by atoms with Crippen LogP contribution in [-0.4, -0.2) is 35.4 Å². The zero-order valence-electron chi connectivity index (χ0n) is 9.75. The van der Waals surface area contributed by atoms with E-state index in [0.717, 1.165) is 6.26 Å². The molecule has 1 aromatic rings. The number of sulfonamides is 1. The van der Waals surface area contributed by atoms with Gasteiger partial charge in [-0.3, -0.25) is 0 Å². The summed E-state index contributed by atoms with van der Waals surface area (Å²) in [5.74, 6) is -0.0383. The minimum Gasteiger partial charge on any atom is -0.397 e. The third kappa shape index (κ3) is 4.51. The van der Waals surface area contributed by atoms with Gasteiger partial charge in [0.15, 0.2) is 0 Å². The van der Waals surface area contributed by atoms with Crippen molar-refractivity contribution in [2.45, 2.75) is 4.90 Å². The number of hydrogen-bond donors (Lipinski definition) is 3. The lowest BCUT2D eigenvalue weighted by molar-refractivity contribution is 0.597. The van der Waals surface area contributed by atoms with Crippen molar-refractivity contribution < 1.29 is 16.8 Å². The number of sulfone groups is 1. The van der Waals surface area contributed by atoms with Crippen LogP contribution in [0, 0.1) is 0 Å². The van der Waals surface area contributed by atoms with Gasteiger partial charge < -0.3 is 11.1 Å². The van der Waals surface area contributed by atoms with E-state index < -0.39 is 19.9 Å². The summed E-state index contributed by atoms with van der Waals surface area (Å²) < 4.78 is 44.0. The van der Waals surface area contributed by atoms with Crippen LogP contribution in [0.25, 0.3) is 0 Å². The van der Waals surface area contributed by atoms with Crippen molar-refractivity contribution in [3.63, 3.8) is 0 Å². The van der Waals surface area contributed by atoms with E-state index in [4.69, 9.17) is 10.9 Å². The number of primary sulfonamides is 1. The van der Waals surface area contributed by atoms with Crippen LogP contribution in [-0.2, 0) is 19.9 Å². The highest BCUT2D eigenvalue weighted by atomic mass is 32.2. The molecule has 1 aromatic carbocycles. The third-order valence-corrected chi connectivity index (χ3v) is 4.00. The highest BCUT2D eigenvalue weighted by Gasteiger charge is 2.10. The molecule has 7 nitrogen and oxygen atoms in total. The summed E-state index contributed by atoms with van der Waals surface area (Å²) >= 11 is 0. The largest absolute Gasteiger partial charge is 0.397 e. The maximum absolute atomic E-state index is 11.1. The van der Waals surface area contributed by atoms with Crippen molar-refractivity contribution in [1.82, 2.24) is 0 Å². The highest BCUT2D eigenvalue weighted by Crippen LogP contribution is 2.21. The molecule has 0 fully saturated rings. The maximum Gasteiger partial charge on any atom is 0.238 e. The fourth-order valence-corrected chi connectivity index (χ4v) is 2.27. The second-order valence-corrected chi connectivity index (χ2v) is 7.67. The average molecular weight is 293 g/mol. The van der Waals surface area contributed by atoms with Gasteiger partial charge in [-0.05, 0) is 18.2 Å². The van der Waals surface area contributed by atoms with Gasteiger partial charge in [0.05, 0.1) is 22.0 Å². The number of anilines is 2. The summed E-state index contributed by atoms with van der Waals surface area (Å²) in [7, 11) is -6.85. The number of hydrogen-bond acceptors (Lipinski definition) is 6. The summed E-state index contributed by atoms with van der Waals surface area (Å²) in [6.07, 6.45) is 1.13. The minimum atomic E-state index is -3.79. The van der Waals surface area contributed by atoms with Crippen LogP contribution in [0.2, 0.25) is 0 Å². The molecule has 0 aromatic heterocycles. The normalized spacial score (nSPS) is 12.3. The van der Waals surface area contributed by atoms with E-state index >= 15 is 0 Å². The van der Waals surface area contributed by atoms with Crippen LogP contribution in [0.15, 0.2) is 23.1 Å². The van der Waals surface area contributed by atoms with Crippen LogP contribution < -0.4 is 16.2 Å². The van der Waals surface area contributed by atoms with Gasteiger partial charge >= 0.3 is 0 Å². The molecule has 0 saturated heterocycles. The molecule has 0 atom stereocenters. The van der Waals surface area contributed by atoms with Gasteiger partial charge in [-0.15, -0.1) is 0 Å². The Morgan fingerprint density at radius 1 is 1.22 bits per heavy atom. The average Bonchev–Trinajstić information content (AvgIpc) is 2.17. The van der Waals surface area contributed by atoms with Gasteiger partial charge in [0.2, 0.25) is 10.0 Å². The molecular weight excluding hydrogens is 278 g/mol. The van der Waals surface area contributed by atoms with Crippen molar-refractivity contribution in [3.05, 3.63) is 18.2 Å². The van der Waals surface area contributed by atoms with E-state index in [9.17, 15) is 16.8 Å². The van der Waals surface area contributed by atoms with Gasteiger partial charge in [0.25, 0.3) is 0 Å². The quantitative estimate of drug-likeness (QED) is 0.619. The molecule has 0 heterocycles. The van der Waals surface area contributed by atoms with E-state index in [1.807, 2.05) is 0 Å². The molecular formula is C9H15N3O4S2. The fraction of sp³-hybridized carbons (Fsp3) is 0.333. The van der Waals surface area contributed by atoms with Gasteiger partial charge in [-0.2, -0.15) is 0 Å². The number of rotatable bonds is 5. The van der Waals surface area contributed by atoms with E-state index in [1.54, 1.807) is 0 Å². The molecule has 18 heavy (non-hydrogen) atoms. The first-order valence-corrected chi connectivity index (χ1v) is 8.54. The molecule has 0 amide bonds. The molecule has 0 aliphatic heterocycles. The number of nitrogen functional groups attached to an aromatic ring is 1.